The van der Waals surface area contributed by atoms with Crippen molar-refractivity contribution in [2.75, 3.05) is 20.2 Å². The van der Waals surface area contributed by atoms with Gasteiger partial charge in [0.1, 0.15) is 24.2 Å². The van der Waals surface area contributed by atoms with Gasteiger partial charge in [-0.1, -0.05) is 91.7 Å². The number of fused-ring (bicyclic) bond motifs is 3. The van der Waals surface area contributed by atoms with Gasteiger partial charge in [-0.3, -0.25) is 28.5 Å². The van der Waals surface area contributed by atoms with E-state index in [0.717, 1.165) is 56.1 Å². The molecule has 0 radical (unpaired) electrons. The molecule has 5 N–H and O–H groups in total. The van der Waals surface area contributed by atoms with E-state index in [2.05, 4.69) is 16.0 Å². The summed E-state index contributed by atoms with van der Waals surface area (Å²) >= 11 is 0. The van der Waals surface area contributed by atoms with Gasteiger partial charge in [0.05, 0.1) is 18.5 Å². The lowest BCUT2D eigenvalue weighted by Gasteiger charge is -2.53. The van der Waals surface area contributed by atoms with Crippen LogP contribution in [0.2, 0.25) is 0 Å². The topological polar surface area (TPSA) is 185 Å². The molecule has 3 aliphatic heterocycles. The number of likely N-dealkylation sites (N-methyl/N-ethyl adjacent to an activating group) is 1. The fraction of sp³-hybridized carbons (Fsp3) is 0.447. The van der Waals surface area contributed by atoms with Gasteiger partial charge in [-0.05, 0) is 73.7 Å². The number of rotatable bonds is 18. The molecule has 8 rings (SSSR count). The van der Waals surface area contributed by atoms with Crippen molar-refractivity contribution in [1.82, 2.24) is 30.3 Å². The predicted octanol–water partition coefficient (Wildman–Crippen LogP) is 4.22. The Morgan fingerprint density at radius 1 is 0.820 bits per heavy atom. The van der Waals surface area contributed by atoms with Crippen LogP contribution in [-0.4, -0.2) is 100 Å². The molecule has 2 bridgehead atoms. The Labute approximate surface area is 356 Å². The van der Waals surface area contributed by atoms with Crippen LogP contribution in [0.3, 0.4) is 0 Å². The summed E-state index contributed by atoms with van der Waals surface area (Å²) in [4.78, 5) is 86.7. The summed E-state index contributed by atoms with van der Waals surface area (Å²) in [6.45, 7) is 1.16. The summed E-state index contributed by atoms with van der Waals surface area (Å²) < 4.78 is 7.04. The molecule has 4 aliphatic rings. The molecule has 322 valence electrons. The number of ether oxygens (including phenoxy) is 1. The lowest BCUT2D eigenvalue weighted by atomic mass is 9.73. The second kappa shape index (κ2) is 20.0. The largest absolute Gasteiger partial charge is 0.449 e. The highest BCUT2D eigenvalue weighted by Crippen LogP contribution is 2.41. The van der Waals surface area contributed by atoms with Crippen molar-refractivity contribution >= 4 is 46.5 Å². The fourth-order valence-corrected chi connectivity index (χ4v) is 9.23. The van der Waals surface area contributed by atoms with Gasteiger partial charge in [-0.2, -0.15) is 0 Å². The average Bonchev–Trinajstić information content (AvgIpc) is 3.64. The highest BCUT2D eigenvalue weighted by atomic mass is 16.5. The quantitative estimate of drug-likeness (QED) is 0.108. The van der Waals surface area contributed by atoms with Crippen LogP contribution in [0.4, 0.5) is 4.79 Å². The zero-order valence-electron chi connectivity index (χ0n) is 34.8. The molecule has 4 aromatic rings. The Bertz CT molecular complexity index is 2190. The lowest BCUT2D eigenvalue weighted by Crippen LogP contribution is -2.71. The number of nitrogens with two attached hydrogens (primary N) is 1. The van der Waals surface area contributed by atoms with Crippen LogP contribution in [0.15, 0.2) is 91.1 Å². The monoisotopic (exact) mass is 831 g/mol. The molecule has 0 spiro atoms. The van der Waals surface area contributed by atoms with Crippen molar-refractivity contribution in [3.63, 3.8) is 0 Å². The Kier molecular flexibility index (Phi) is 14.1. The van der Waals surface area contributed by atoms with Crippen molar-refractivity contribution in [3.05, 3.63) is 108 Å². The number of hydrogen-bond acceptors (Lipinski definition) is 8. The van der Waals surface area contributed by atoms with Crippen molar-refractivity contribution in [2.45, 2.75) is 107 Å². The number of nitrogens with zero attached hydrogens (tertiary/aromatic N) is 3. The van der Waals surface area contributed by atoms with E-state index in [1.54, 1.807) is 35.2 Å². The van der Waals surface area contributed by atoms with Gasteiger partial charge in [-0.25, -0.2) is 4.79 Å². The van der Waals surface area contributed by atoms with Crippen molar-refractivity contribution < 1.29 is 33.5 Å². The number of aromatic nitrogens is 1. The third-order valence-electron chi connectivity index (χ3n) is 12.3. The first-order chi connectivity index (χ1) is 29.6. The van der Waals surface area contributed by atoms with Gasteiger partial charge in [0.15, 0.2) is 0 Å². The van der Waals surface area contributed by atoms with Crippen LogP contribution >= 0.6 is 0 Å². The summed E-state index contributed by atoms with van der Waals surface area (Å²) in [6, 6.07) is 22.2. The number of unbranched alkanes of at least 4 members (excludes halogenated alkanes) is 3. The predicted molar refractivity (Wildman–Crippen MR) is 230 cm³/mol. The zero-order chi connectivity index (χ0) is 42.9. The van der Waals surface area contributed by atoms with E-state index in [9.17, 15) is 28.8 Å². The number of carbonyl (C=O) groups is 6. The minimum Gasteiger partial charge on any atom is -0.449 e. The molecule has 14 nitrogen and oxygen atoms in total. The molecule has 4 atom stereocenters. The molecule has 0 unspecified atom stereocenters. The summed E-state index contributed by atoms with van der Waals surface area (Å²) in [6.07, 6.45) is 7.68. The van der Waals surface area contributed by atoms with Crippen LogP contribution < -0.4 is 21.7 Å². The molecular formula is C47H57N7O7. The molecular weight excluding hydrogens is 775 g/mol. The Morgan fingerprint density at radius 2 is 1.49 bits per heavy atom. The number of carbonyl (C=O) groups excluding carboxylic acids is 6. The number of nitrogens with one attached hydrogen (secondary N) is 3. The van der Waals surface area contributed by atoms with Gasteiger partial charge in [0.2, 0.25) is 29.5 Å². The molecule has 61 heavy (non-hydrogen) atoms. The Morgan fingerprint density at radius 3 is 2.21 bits per heavy atom. The first-order valence-corrected chi connectivity index (χ1v) is 21.6. The summed E-state index contributed by atoms with van der Waals surface area (Å²) in [5.41, 5.74) is 8.50. The van der Waals surface area contributed by atoms with E-state index in [0.29, 0.717) is 36.0 Å². The van der Waals surface area contributed by atoms with E-state index in [4.69, 9.17) is 10.5 Å². The van der Waals surface area contributed by atoms with Crippen molar-refractivity contribution in [3.8, 4) is 0 Å². The third kappa shape index (κ3) is 10.3. The molecule has 1 saturated carbocycles. The smallest absolute Gasteiger partial charge is 0.418 e. The molecule has 4 heterocycles. The minimum absolute atomic E-state index is 0.0306. The summed E-state index contributed by atoms with van der Waals surface area (Å²) in [5, 5.41) is 9.31. The van der Waals surface area contributed by atoms with E-state index >= 15 is 0 Å². The van der Waals surface area contributed by atoms with Gasteiger partial charge < -0.3 is 36.2 Å². The van der Waals surface area contributed by atoms with Gasteiger partial charge in [0, 0.05) is 44.1 Å². The third-order valence-corrected chi connectivity index (χ3v) is 12.3. The highest BCUT2D eigenvalue weighted by Gasteiger charge is 2.52. The van der Waals surface area contributed by atoms with E-state index in [1.807, 2.05) is 72.8 Å². The number of piperazine rings is 1. The number of benzene rings is 3. The minimum atomic E-state index is -1.25. The molecule has 1 aromatic heterocycles. The van der Waals surface area contributed by atoms with Crippen LogP contribution in [-0.2, 0) is 48.1 Å². The van der Waals surface area contributed by atoms with Crippen LogP contribution in [0, 0.1) is 5.92 Å². The number of piperidine rings is 2. The van der Waals surface area contributed by atoms with Gasteiger partial charge >= 0.3 is 6.09 Å². The first-order valence-electron chi connectivity index (χ1n) is 21.6. The first kappa shape index (κ1) is 43.1. The normalized spacial score (nSPS) is 20.3. The van der Waals surface area contributed by atoms with Gasteiger partial charge in [0.25, 0.3) is 0 Å². The molecule has 5 amide bonds. The standard InChI is InChI=1S/C47H57N7O7/c1-52(29-32-16-8-5-9-17-32)45(58)38(26-31-14-6-4-7-15-31)50-43(56)37(49-41(55)28-39-46(59)54-35-22-20-33(21-23-35)42(54)44(57)51-39)27-34-30-53(40-19-11-10-18-36(34)40)47(60)61-25-13-3-2-12-24-48/h4-11,14-19,30,33,35,37-39,42H,2-3,12-13,20-29,48H2,1H3,(H,49,55)(H,50,56)(H,51,57)/t33?,35?,37-,38+,39+,42+/m1/s1. The van der Waals surface area contributed by atoms with E-state index in [1.165, 1.54) is 4.57 Å². The maximum atomic E-state index is 14.6. The van der Waals surface area contributed by atoms with Crippen LogP contribution in [0.1, 0.15) is 74.5 Å². The zero-order valence-corrected chi connectivity index (χ0v) is 34.8. The summed E-state index contributed by atoms with van der Waals surface area (Å²) in [7, 11) is 1.68. The average molecular weight is 832 g/mol. The number of para-hydroxylation sites is 1. The van der Waals surface area contributed by atoms with Crippen LogP contribution in [0.5, 0.6) is 0 Å². The molecule has 14 heteroatoms. The van der Waals surface area contributed by atoms with Crippen LogP contribution in [0.25, 0.3) is 10.9 Å². The number of hydrogen-bond donors (Lipinski definition) is 4. The highest BCUT2D eigenvalue weighted by molar-refractivity contribution is 6.01. The maximum Gasteiger partial charge on any atom is 0.418 e. The summed E-state index contributed by atoms with van der Waals surface area (Å²) in [5.74, 6) is -2.00. The molecule has 4 fully saturated rings. The van der Waals surface area contributed by atoms with E-state index in [-0.39, 0.29) is 55.6 Å². The Balaban J connectivity index is 1.14. The maximum absolute atomic E-state index is 14.6. The fourth-order valence-electron chi connectivity index (χ4n) is 9.23. The van der Waals surface area contributed by atoms with Gasteiger partial charge in [-0.15, -0.1) is 0 Å². The Hall–Kier alpha value is -6.02. The molecule has 1 aliphatic carbocycles. The number of amides is 5. The van der Waals surface area contributed by atoms with Crippen molar-refractivity contribution in [1.29, 1.82) is 0 Å². The SMILES string of the molecule is CN(Cc1ccccc1)C(=O)[C@H](Cc1ccccc1)NC(=O)[C@@H](Cc1cn(C(=O)OCCCCCCN)c2ccccc12)NC(=O)C[C@@H]1NC(=O)[C@@H]2C3CCC(CC3)N2C1=O. The lowest BCUT2D eigenvalue weighted by molar-refractivity contribution is -0.163. The second-order valence-corrected chi connectivity index (χ2v) is 16.6. The van der Waals surface area contributed by atoms with Crippen molar-refractivity contribution in [2.24, 2.45) is 11.7 Å². The van der Waals surface area contributed by atoms with E-state index < -0.39 is 42.1 Å². The second-order valence-electron chi connectivity index (χ2n) is 16.6. The molecule has 3 aromatic carbocycles. The molecule has 3 saturated heterocycles.